The van der Waals surface area contributed by atoms with Crippen LogP contribution in [0.5, 0.6) is 11.5 Å². The van der Waals surface area contributed by atoms with Crippen molar-refractivity contribution in [3.8, 4) is 11.5 Å². The molecule has 0 saturated carbocycles. The third-order valence-corrected chi connectivity index (χ3v) is 5.88. The molecule has 168 valence electrons. The van der Waals surface area contributed by atoms with Crippen LogP contribution in [0.2, 0.25) is 0 Å². The maximum atomic E-state index is 12.7. The lowest BCUT2D eigenvalue weighted by Crippen LogP contribution is -2.54. The fourth-order valence-corrected chi connectivity index (χ4v) is 4.19. The summed E-state index contributed by atoms with van der Waals surface area (Å²) in [6, 6.07) is 8.21. The number of benzene rings is 1. The molecule has 2 saturated heterocycles. The van der Waals surface area contributed by atoms with E-state index in [-0.39, 0.29) is 30.3 Å². The molecular formula is C22H24N4O6. The van der Waals surface area contributed by atoms with Crippen molar-refractivity contribution in [2.45, 2.75) is 12.5 Å². The first kappa shape index (κ1) is 20.2. The molecular weight excluding hydrogens is 416 g/mol. The standard InChI is InChI=1S/C22H24N4O6/c27-20-12-15(14-26(20)16-3-4-17-19(13-16)32-11-10-31-17)23-22(29)25-7-5-24(6-8-25)21(28)18-2-1-9-30-18/h1-4,9,13,15H,5-8,10-12,14H2,(H,23,29). The summed E-state index contributed by atoms with van der Waals surface area (Å²) in [5.41, 5.74) is 0.723. The minimum Gasteiger partial charge on any atom is -0.486 e. The van der Waals surface area contributed by atoms with Crippen LogP contribution in [0.4, 0.5) is 10.5 Å². The van der Waals surface area contributed by atoms with Gasteiger partial charge in [0, 0.05) is 50.9 Å². The van der Waals surface area contributed by atoms with Gasteiger partial charge in [-0.2, -0.15) is 0 Å². The Kier molecular flexibility index (Phi) is 5.34. The number of nitrogens with one attached hydrogen (secondary N) is 1. The van der Waals surface area contributed by atoms with Gasteiger partial charge in [-0.15, -0.1) is 0 Å². The van der Waals surface area contributed by atoms with E-state index in [9.17, 15) is 14.4 Å². The minimum atomic E-state index is -0.286. The molecule has 0 aliphatic carbocycles. The van der Waals surface area contributed by atoms with Crippen molar-refractivity contribution >= 4 is 23.5 Å². The van der Waals surface area contributed by atoms with E-state index in [1.807, 2.05) is 6.07 Å². The fraction of sp³-hybridized carbons (Fsp3) is 0.409. The first-order valence-corrected chi connectivity index (χ1v) is 10.7. The average Bonchev–Trinajstić information content (AvgIpc) is 3.48. The van der Waals surface area contributed by atoms with Gasteiger partial charge in [0.15, 0.2) is 17.3 Å². The van der Waals surface area contributed by atoms with Gasteiger partial charge in [-0.05, 0) is 24.3 Å². The van der Waals surface area contributed by atoms with Crippen LogP contribution in [0, 0.1) is 0 Å². The molecule has 1 unspecified atom stereocenters. The van der Waals surface area contributed by atoms with E-state index in [0.717, 1.165) is 5.69 Å². The molecule has 4 amide bonds. The lowest BCUT2D eigenvalue weighted by Gasteiger charge is -2.34. The Morgan fingerprint density at radius 1 is 0.969 bits per heavy atom. The van der Waals surface area contributed by atoms with Crippen molar-refractivity contribution in [3.05, 3.63) is 42.4 Å². The van der Waals surface area contributed by atoms with E-state index in [0.29, 0.717) is 63.2 Å². The van der Waals surface area contributed by atoms with Crippen LogP contribution in [0.15, 0.2) is 41.0 Å². The topological polar surface area (TPSA) is 105 Å². The Hall–Kier alpha value is -3.69. The van der Waals surface area contributed by atoms with Crippen molar-refractivity contribution < 1.29 is 28.3 Å². The Labute approximate surface area is 184 Å². The van der Waals surface area contributed by atoms with Crippen LogP contribution in [0.25, 0.3) is 0 Å². The molecule has 5 rings (SSSR count). The van der Waals surface area contributed by atoms with Crippen LogP contribution in [0.1, 0.15) is 17.0 Å². The van der Waals surface area contributed by atoms with Gasteiger partial charge in [-0.3, -0.25) is 9.59 Å². The summed E-state index contributed by atoms with van der Waals surface area (Å²) in [4.78, 5) is 42.7. The number of furan rings is 1. The maximum Gasteiger partial charge on any atom is 0.317 e. The Bertz CT molecular complexity index is 1020. The van der Waals surface area contributed by atoms with Crippen molar-refractivity contribution in [1.82, 2.24) is 15.1 Å². The number of anilines is 1. The van der Waals surface area contributed by atoms with Gasteiger partial charge >= 0.3 is 6.03 Å². The summed E-state index contributed by atoms with van der Waals surface area (Å²) < 4.78 is 16.3. The SMILES string of the molecule is O=C(NC1CC(=O)N(c2ccc3c(c2)OCCO3)C1)N1CCN(C(=O)c2ccco2)CC1. The van der Waals surface area contributed by atoms with Crippen LogP contribution in [0.3, 0.4) is 0 Å². The van der Waals surface area contributed by atoms with E-state index in [2.05, 4.69) is 5.32 Å². The molecule has 1 aromatic carbocycles. The molecule has 0 radical (unpaired) electrons. The highest BCUT2D eigenvalue weighted by Gasteiger charge is 2.34. The first-order valence-electron chi connectivity index (χ1n) is 10.7. The molecule has 10 nitrogen and oxygen atoms in total. The second-order valence-electron chi connectivity index (χ2n) is 7.94. The van der Waals surface area contributed by atoms with Crippen molar-refractivity contribution in [1.29, 1.82) is 0 Å². The number of carbonyl (C=O) groups is 3. The molecule has 4 heterocycles. The number of carbonyl (C=O) groups excluding carboxylic acids is 3. The van der Waals surface area contributed by atoms with Crippen molar-refractivity contribution in [2.75, 3.05) is 50.8 Å². The highest BCUT2D eigenvalue weighted by atomic mass is 16.6. The Balaban J connectivity index is 1.15. The number of piperazine rings is 1. The van der Waals surface area contributed by atoms with Gasteiger partial charge in [-0.25, -0.2) is 4.79 Å². The van der Waals surface area contributed by atoms with E-state index in [4.69, 9.17) is 13.9 Å². The number of amides is 4. The highest BCUT2D eigenvalue weighted by Crippen LogP contribution is 2.35. The van der Waals surface area contributed by atoms with Gasteiger partial charge in [0.1, 0.15) is 13.2 Å². The van der Waals surface area contributed by atoms with Gasteiger partial charge in [0.05, 0.1) is 12.3 Å². The summed E-state index contributed by atoms with van der Waals surface area (Å²) >= 11 is 0. The largest absolute Gasteiger partial charge is 0.486 e. The second kappa shape index (κ2) is 8.45. The van der Waals surface area contributed by atoms with Gasteiger partial charge in [0.25, 0.3) is 5.91 Å². The summed E-state index contributed by atoms with van der Waals surface area (Å²) in [6.07, 6.45) is 1.70. The molecule has 1 aromatic heterocycles. The zero-order valence-corrected chi connectivity index (χ0v) is 17.5. The second-order valence-corrected chi connectivity index (χ2v) is 7.94. The summed E-state index contributed by atoms with van der Waals surface area (Å²) in [7, 11) is 0. The fourth-order valence-electron chi connectivity index (χ4n) is 4.19. The highest BCUT2D eigenvalue weighted by molar-refractivity contribution is 5.97. The molecule has 0 spiro atoms. The minimum absolute atomic E-state index is 0.0548. The third-order valence-electron chi connectivity index (χ3n) is 5.88. The molecule has 3 aliphatic rings. The first-order chi connectivity index (χ1) is 15.6. The number of hydrogen-bond donors (Lipinski definition) is 1. The Morgan fingerprint density at radius 3 is 2.47 bits per heavy atom. The van der Waals surface area contributed by atoms with Gasteiger partial charge in [0.2, 0.25) is 5.91 Å². The number of fused-ring (bicyclic) bond motifs is 1. The normalized spacial score (nSPS) is 20.4. The molecule has 10 heteroatoms. The summed E-state index contributed by atoms with van der Waals surface area (Å²) in [5, 5.41) is 2.96. The molecule has 2 aromatic rings. The molecule has 1 atom stereocenters. The van der Waals surface area contributed by atoms with Crippen LogP contribution < -0.4 is 19.7 Å². The number of rotatable bonds is 3. The summed E-state index contributed by atoms with van der Waals surface area (Å²) in [6.45, 7) is 3.08. The number of nitrogens with zero attached hydrogens (tertiary/aromatic N) is 3. The van der Waals surface area contributed by atoms with Crippen LogP contribution in [-0.4, -0.2) is 79.6 Å². The van der Waals surface area contributed by atoms with Crippen LogP contribution >= 0.6 is 0 Å². The number of hydrogen-bond acceptors (Lipinski definition) is 6. The predicted molar refractivity (Wildman–Crippen MR) is 113 cm³/mol. The third kappa shape index (κ3) is 3.95. The lowest BCUT2D eigenvalue weighted by atomic mass is 10.2. The van der Waals surface area contributed by atoms with Crippen molar-refractivity contribution in [3.63, 3.8) is 0 Å². The van der Waals surface area contributed by atoms with Crippen LogP contribution in [-0.2, 0) is 4.79 Å². The molecule has 3 aliphatic heterocycles. The molecule has 2 fully saturated rings. The number of ether oxygens (including phenoxy) is 2. The van der Waals surface area contributed by atoms with E-state index >= 15 is 0 Å². The van der Waals surface area contributed by atoms with E-state index in [1.54, 1.807) is 39.0 Å². The molecule has 32 heavy (non-hydrogen) atoms. The van der Waals surface area contributed by atoms with E-state index in [1.165, 1.54) is 6.26 Å². The van der Waals surface area contributed by atoms with Crippen molar-refractivity contribution in [2.24, 2.45) is 0 Å². The monoisotopic (exact) mass is 440 g/mol. The van der Waals surface area contributed by atoms with E-state index < -0.39 is 0 Å². The zero-order valence-electron chi connectivity index (χ0n) is 17.5. The number of urea groups is 1. The average molecular weight is 440 g/mol. The smallest absolute Gasteiger partial charge is 0.317 e. The Morgan fingerprint density at radius 2 is 1.72 bits per heavy atom. The quantitative estimate of drug-likeness (QED) is 0.772. The lowest BCUT2D eigenvalue weighted by molar-refractivity contribution is -0.117. The van der Waals surface area contributed by atoms with Gasteiger partial charge < -0.3 is 33.9 Å². The van der Waals surface area contributed by atoms with Gasteiger partial charge in [-0.1, -0.05) is 0 Å². The maximum absolute atomic E-state index is 12.7. The summed E-state index contributed by atoms with van der Waals surface area (Å²) in [5.74, 6) is 1.36. The zero-order chi connectivity index (χ0) is 22.1. The predicted octanol–water partition coefficient (Wildman–Crippen LogP) is 1.32. The molecule has 0 bridgehead atoms. The molecule has 1 N–H and O–H groups in total.